The molecule has 19 heavy (non-hydrogen) atoms. The van der Waals surface area contributed by atoms with Crippen molar-refractivity contribution in [3.63, 3.8) is 0 Å². The van der Waals surface area contributed by atoms with Crippen LogP contribution in [0.1, 0.15) is 51.4 Å². The Labute approximate surface area is 116 Å². The van der Waals surface area contributed by atoms with Crippen molar-refractivity contribution in [1.29, 1.82) is 0 Å². The van der Waals surface area contributed by atoms with Crippen LogP contribution < -0.4 is 0 Å². The quantitative estimate of drug-likeness (QED) is 0.790. The van der Waals surface area contributed by atoms with Crippen LogP contribution in [0.15, 0.2) is 12.2 Å². The van der Waals surface area contributed by atoms with Crippen LogP contribution in [0.3, 0.4) is 0 Å². The van der Waals surface area contributed by atoms with E-state index in [-0.39, 0.29) is 0 Å². The highest BCUT2D eigenvalue weighted by Crippen LogP contribution is 2.40. The van der Waals surface area contributed by atoms with Crippen LogP contribution in [-0.2, 0) is 9.53 Å². The molecule has 0 atom stereocenters. The fourth-order valence-corrected chi connectivity index (χ4v) is 3.82. The van der Waals surface area contributed by atoms with E-state index in [4.69, 9.17) is 9.84 Å². The van der Waals surface area contributed by atoms with E-state index in [0.29, 0.717) is 12.0 Å². The summed E-state index contributed by atoms with van der Waals surface area (Å²) in [4.78, 5) is 10.5. The smallest absolute Gasteiger partial charge is 0.327 e. The molecule has 2 rings (SSSR count). The van der Waals surface area contributed by atoms with Gasteiger partial charge in [-0.3, -0.25) is 0 Å². The van der Waals surface area contributed by atoms with Gasteiger partial charge >= 0.3 is 5.97 Å². The van der Waals surface area contributed by atoms with Gasteiger partial charge in [0, 0.05) is 13.2 Å². The van der Waals surface area contributed by atoms with Gasteiger partial charge in [0.2, 0.25) is 0 Å². The van der Waals surface area contributed by atoms with E-state index in [0.717, 1.165) is 11.8 Å². The van der Waals surface area contributed by atoms with Gasteiger partial charge in [-0.25, -0.2) is 4.79 Å². The average molecular weight is 266 g/mol. The van der Waals surface area contributed by atoms with Crippen LogP contribution in [0, 0.1) is 17.8 Å². The molecule has 0 bridgehead atoms. The first-order valence-electron chi connectivity index (χ1n) is 7.63. The van der Waals surface area contributed by atoms with E-state index >= 15 is 0 Å². The Morgan fingerprint density at radius 2 is 1.53 bits per heavy atom. The molecule has 2 fully saturated rings. The second-order valence-electron chi connectivity index (χ2n) is 6.14. The number of allylic oxidation sites excluding steroid dienone is 1. The molecule has 0 heterocycles. The Hall–Kier alpha value is -0.830. The van der Waals surface area contributed by atoms with Gasteiger partial charge in [0.1, 0.15) is 0 Å². The van der Waals surface area contributed by atoms with E-state index in [1.165, 1.54) is 57.4 Å². The zero-order chi connectivity index (χ0) is 13.7. The first-order valence-corrected chi connectivity index (χ1v) is 7.63. The van der Waals surface area contributed by atoms with Crippen molar-refractivity contribution in [2.24, 2.45) is 17.8 Å². The van der Waals surface area contributed by atoms with Crippen LogP contribution in [-0.4, -0.2) is 24.3 Å². The van der Waals surface area contributed by atoms with E-state index in [2.05, 4.69) is 0 Å². The van der Waals surface area contributed by atoms with Gasteiger partial charge in [-0.05, 0) is 69.1 Å². The second-order valence-corrected chi connectivity index (χ2v) is 6.14. The molecular weight excluding hydrogens is 240 g/mol. The lowest BCUT2D eigenvalue weighted by Gasteiger charge is -2.37. The van der Waals surface area contributed by atoms with Gasteiger partial charge < -0.3 is 9.84 Å². The van der Waals surface area contributed by atoms with Gasteiger partial charge in [0.15, 0.2) is 0 Å². The monoisotopic (exact) mass is 266 g/mol. The first-order chi connectivity index (χ1) is 9.19. The molecule has 0 aliphatic heterocycles. The number of carboxylic acids is 1. The third-order valence-corrected chi connectivity index (χ3v) is 5.05. The molecule has 0 spiro atoms. The van der Waals surface area contributed by atoms with Crippen molar-refractivity contribution in [3.8, 4) is 0 Å². The van der Waals surface area contributed by atoms with Crippen molar-refractivity contribution >= 4 is 5.97 Å². The summed E-state index contributed by atoms with van der Waals surface area (Å²) in [6, 6.07) is 0. The Morgan fingerprint density at radius 3 is 2.00 bits per heavy atom. The van der Waals surface area contributed by atoms with Crippen LogP contribution in [0.25, 0.3) is 0 Å². The molecule has 2 aliphatic carbocycles. The normalized spacial score (nSPS) is 36.5. The zero-order valence-corrected chi connectivity index (χ0v) is 11.9. The lowest BCUT2D eigenvalue weighted by atomic mass is 9.70. The fraction of sp³-hybridized carbons (Fsp3) is 0.812. The number of hydrogen-bond donors (Lipinski definition) is 1. The molecule has 2 aliphatic rings. The van der Waals surface area contributed by atoms with Crippen molar-refractivity contribution in [1.82, 2.24) is 0 Å². The molecule has 0 amide bonds. The van der Waals surface area contributed by atoms with Crippen molar-refractivity contribution in [2.75, 3.05) is 7.11 Å². The lowest BCUT2D eigenvalue weighted by Crippen LogP contribution is -2.27. The average Bonchev–Trinajstić information content (AvgIpc) is 2.46. The summed E-state index contributed by atoms with van der Waals surface area (Å²) in [6.07, 6.45) is 13.7. The molecule has 0 aromatic rings. The molecule has 108 valence electrons. The second kappa shape index (κ2) is 7.09. The third kappa shape index (κ3) is 4.34. The maximum absolute atomic E-state index is 10.5. The van der Waals surface area contributed by atoms with Gasteiger partial charge in [-0.1, -0.05) is 6.08 Å². The summed E-state index contributed by atoms with van der Waals surface area (Å²) < 4.78 is 5.43. The van der Waals surface area contributed by atoms with Crippen LogP contribution in [0.5, 0.6) is 0 Å². The summed E-state index contributed by atoms with van der Waals surface area (Å²) in [5, 5.41) is 8.65. The van der Waals surface area contributed by atoms with E-state index in [1.54, 1.807) is 0 Å². The van der Waals surface area contributed by atoms with Crippen molar-refractivity contribution in [2.45, 2.75) is 57.5 Å². The minimum Gasteiger partial charge on any atom is -0.478 e. The van der Waals surface area contributed by atoms with Crippen molar-refractivity contribution < 1.29 is 14.6 Å². The highest BCUT2D eigenvalue weighted by molar-refractivity contribution is 5.79. The van der Waals surface area contributed by atoms with E-state index in [1.807, 2.05) is 13.2 Å². The minimum atomic E-state index is -0.819. The Kier molecular flexibility index (Phi) is 5.44. The Morgan fingerprint density at radius 1 is 1.00 bits per heavy atom. The Balaban J connectivity index is 1.73. The highest BCUT2D eigenvalue weighted by Gasteiger charge is 2.30. The first kappa shape index (κ1) is 14.6. The maximum atomic E-state index is 10.5. The molecule has 0 aromatic carbocycles. The van der Waals surface area contributed by atoms with Crippen LogP contribution in [0.4, 0.5) is 0 Å². The Bertz CT molecular complexity index is 308. The number of ether oxygens (including phenoxy) is 1. The molecule has 3 heteroatoms. The number of carboxylic acid groups (broad SMARTS) is 1. The SMILES string of the molecule is CO[C@H]1CC[C@H]([C@H]2CC[C@H](C=CC(=O)O)CC2)CC1. The van der Waals surface area contributed by atoms with Crippen LogP contribution >= 0.6 is 0 Å². The molecular formula is C16H26O3. The standard InChI is InChI=1S/C16H26O3/c1-19-15-9-7-14(8-10-15)13-5-2-12(3-6-13)4-11-16(17)18/h4,11-15H,2-3,5-10H2,1H3,(H,17,18)/t12-,13-,14-,15-. The molecule has 2 saturated carbocycles. The molecule has 0 aromatic heterocycles. The minimum absolute atomic E-state index is 0.489. The van der Waals surface area contributed by atoms with Gasteiger partial charge in [-0.2, -0.15) is 0 Å². The number of carbonyl (C=O) groups is 1. The lowest BCUT2D eigenvalue weighted by molar-refractivity contribution is -0.131. The predicted octanol–water partition coefficient (Wildman–Crippen LogP) is 3.64. The van der Waals surface area contributed by atoms with Gasteiger partial charge in [0.05, 0.1) is 6.10 Å². The van der Waals surface area contributed by atoms with Crippen LogP contribution in [0.2, 0.25) is 0 Å². The summed E-state index contributed by atoms with van der Waals surface area (Å²) in [5.74, 6) is 1.42. The van der Waals surface area contributed by atoms with Gasteiger partial charge in [0.25, 0.3) is 0 Å². The maximum Gasteiger partial charge on any atom is 0.327 e. The number of hydrogen-bond acceptors (Lipinski definition) is 2. The molecule has 1 N–H and O–H groups in total. The van der Waals surface area contributed by atoms with E-state index < -0.39 is 5.97 Å². The summed E-state index contributed by atoms with van der Waals surface area (Å²) >= 11 is 0. The third-order valence-electron chi connectivity index (χ3n) is 5.05. The summed E-state index contributed by atoms with van der Waals surface area (Å²) in [5.41, 5.74) is 0. The van der Waals surface area contributed by atoms with E-state index in [9.17, 15) is 4.79 Å². The number of methoxy groups -OCH3 is 1. The number of aliphatic carboxylic acids is 1. The summed E-state index contributed by atoms with van der Waals surface area (Å²) in [6.45, 7) is 0. The molecule has 0 unspecified atom stereocenters. The van der Waals surface area contributed by atoms with Gasteiger partial charge in [-0.15, -0.1) is 0 Å². The zero-order valence-electron chi connectivity index (χ0n) is 11.9. The summed E-state index contributed by atoms with van der Waals surface area (Å²) in [7, 11) is 1.82. The number of rotatable bonds is 4. The topological polar surface area (TPSA) is 46.5 Å². The molecule has 0 saturated heterocycles. The van der Waals surface area contributed by atoms with Crippen molar-refractivity contribution in [3.05, 3.63) is 12.2 Å². The molecule has 0 radical (unpaired) electrons. The highest BCUT2D eigenvalue weighted by atomic mass is 16.5. The fourth-order valence-electron chi connectivity index (χ4n) is 3.82. The predicted molar refractivity (Wildman–Crippen MR) is 75.0 cm³/mol. The largest absolute Gasteiger partial charge is 0.478 e. The molecule has 3 nitrogen and oxygen atoms in total.